The Balaban J connectivity index is 1.89. The van der Waals surface area contributed by atoms with Crippen LogP contribution in [0.2, 0.25) is 0 Å². The van der Waals surface area contributed by atoms with Gasteiger partial charge in [-0.1, -0.05) is 18.2 Å². The molecule has 0 bridgehead atoms. The van der Waals surface area contributed by atoms with Crippen molar-refractivity contribution in [3.05, 3.63) is 59.2 Å². The predicted molar refractivity (Wildman–Crippen MR) is 98.7 cm³/mol. The lowest BCUT2D eigenvalue weighted by Crippen LogP contribution is -2.31. The first-order valence-corrected chi connectivity index (χ1v) is 8.06. The van der Waals surface area contributed by atoms with Crippen molar-refractivity contribution in [3.8, 4) is 5.75 Å². The van der Waals surface area contributed by atoms with Crippen molar-refractivity contribution in [2.75, 3.05) is 32.6 Å². The first-order valence-electron chi connectivity index (χ1n) is 8.06. The Labute approximate surface area is 144 Å². The number of hydrogen-bond donors (Lipinski definition) is 0. The number of ether oxygens (including phenoxy) is 1. The summed E-state index contributed by atoms with van der Waals surface area (Å²) < 4.78 is 5.64. The molecule has 0 aromatic heterocycles. The monoisotopic (exact) mass is 326 g/mol. The van der Waals surface area contributed by atoms with E-state index < -0.39 is 0 Å². The number of rotatable bonds is 6. The van der Waals surface area contributed by atoms with Gasteiger partial charge in [0.25, 0.3) is 5.91 Å². The quantitative estimate of drug-likeness (QED) is 0.815. The molecular formula is C20H26N2O2. The molecule has 0 heterocycles. The van der Waals surface area contributed by atoms with Crippen LogP contribution in [0.5, 0.6) is 5.75 Å². The minimum atomic E-state index is -0.0363. The SMILES string of the molecule is Cc1cc(C)cc(OCC(=O)N(C)Cc2ccc(N(C)C)cc2)c1. The molecule has 0 aliphatic rings. The van der Waals surface area contributed by atoms with Crippen molar-refractivity contribution in [1.29, 1.82) is 0 Å². The summed E-state index contributed by atoms with van der Waals surface area (Å²) in [6, 6.07) is 14.2. The fourth-order valence-corrected chi connectivity index (χ4v) is 2.53. The van der Waals surface area contributed by atoms with Crippen LogP contribution in [0.25, 0.3) is 0 Å². The molecule has 0 fully saturated rings. The highest BCUT2D eigenvalue weighted by Crippen LogP contribution is 2.17. The van der Waals surface area contributed by atoms with Crippen LogP contribution >= 0.6 is 0 Å². The normalized spacial score (nSPS) is 10.4. The second-order valence-corrected chi connectivity index (χ2v) is 6.42. The van der Waals surface area contributed by atoms with E-state index in [9.17, 15) is 4.79 Å². The average Bonchev–Trinajstić information content (AvgIpc) is 2.52. The summed E-state index contributed by atoms with van der Waals surface area (Å²) in [5.74, 6) is 0.704. The van der Waals surface area contributed by atoms with Crippen molar-refractivity contribution < 1.29 is 9.53 Å². The summed E-state index contributed by atoms with van der Waals surface area (Å²) in [4.78, 5) is 16.0. The summed E-state index contributed by atoms with van der Waals surface area (Å²) >= 11 is 0. The smallest absolute Gasteiger partial charge is 0.260 e. The van der Waals surface area contributed by atoms with Crippen LogP contribution in [0.4, 0.5) is 5.69 Å². The number of likely N-dealkylation sites (N-methyl/N-ethyl adjacent to an activating group) is 1. The standard InChI is InChI=1S/C20H26N2O2/c1-15-10-16(2)12-19(11-15)24-14-20(23)22(5)13-17-6-8-18(9-7-17)21(3)4/h6-12H,13-14H2,1-5H3. The van der Waals surface area contributed by atoms with E-state index in [-0.39, 0.29) is 12.5 Å². The molecule has 0 spiro atoms. The fraction of sp³-hybridized carbons (Fsp3) is 0.350. The van der Waals surface area contributed by atoms with E-state index in [1.807, 2.05) is 52.2 Å². The van der Waals surface area contributed by atoms with Gasteiger partial charge < -0.3 is 14.5 Å². The van der Waals surface area contributed by atoms with Gasteiger partial charge in [0.1, 0.15) is 5.75 Å². The highest BCUT2D eigenvalue weighted by atomic mass is 16.5. The number of carbonyl (C=O) groups is 1. The molecule has 0 atom stereocenters. The molecule has 2 aromatic carbocycles. The van der Waals surface area contributed by atoms with Crippen molar-refractivity contribution in [3.63, 3.8) is 0 Å². The minimum absolute atomic E-state index is 0.0363. The highest BCUT2D eigenvalue weighted by molar-refractivity contribution is 5.77. The molecule has 128 valence electrons. The number of benzene rings is 2. The number of aryl methyl sites for hydroxylation is 2. The Kier molecular flexibility index (Phi) is 5.85. The van der Waals surface area contributed by atoms with Gasteiger partial charge in [0.2, 0.25) is 0 Å². The largest absolute Gasteiger partial charge is 0.484 e. The zero-order valence-electron chi connectivity index (χ0n) is 15.2. The Hall–Kier alpha value is -2.49. The maximum atomic E-state index is 12.3. The lowest BCUT2D eigenvalue weighted by atomic mass is 10.1. The lowest BCUT2D eigenvalue weighted by Gasteiger charge is -2.19. The van der Waals surface area contributed by atoms with Gasteiger partial charge in [0, 0.05) is 33.4 Å². The molecule has 4 nitrogen and oxygen atoms in total. The molecule has 0 saturated heterocycles. The second kappa shape index (κ2) is 7.86. The minimum Gasteiger partial charge on any atom is -0.484 e. The van der Waals surface area contributed by atoms with Gasteiger partial charge in [-0.2, -0.15) is 0 Å². The Morgan fingerprint density at radius 1 is 0.958 bits per heavy atom. The van der Waals surface area contributed by atoms with E-state index in [4.69, 9.17) is 4.74 Å². The summed E-state index contributed by atoms with van der Waals surface area (Å²) in [5.41, 5.74) is 4.51. The molecular weight excluding hydrogens is 300 g/mol. The average molecular weight is 326 g/mol. The van der Waals surface area contributed by atoms with Crippen molar-refractivity contribution in [1.82, 2.24) is 4.90 Å². The van der Waals surface area contributed by atoms with Crippen molar-refractivity contribution >= 4 is 11.6 Å². The molecule has 1 amide bonds. The molecule has 0 radical (unpaired) electrons. The second-order valence-electron chi connectivity index (χ2n) is 6.42. The molecule has 2 aromatic rings. The molecule has 0 aliphatic carbocycles. The summed E-state index contributed by atoms with van der Waals surface area (Å²) in [6.07, 6.45) is 0. The van der Waals surface area contributed by atoms with Gasteiger partial charge in [-0.3, -0.25) is 4.79 Å². The number of hydrogen-bond acceptors (Lipinski definition) is 3. The molecule has 0 saturated carbocycles. The first-order chi connectivity index (χ1) is 11.3. The molecule has 2 rings (SSSR count). The number of amides is 1. The van der Waals surface area contributed by atoms with Crippen LogP contribution in [0, 0.1) is 13.8 Å². The Bertz CT molecular complexity index is 673. The number of carbonyl (C=O) groups excluding carboxylic acids is 1. The third-order valence-electron chi connectivity index (χ3n) is 3.86. The molecule has 0 N–H and O–H groups in total. The maximum Gasteiger partial charge on any atom is 0.260 e. The van der Waals surface area contributed by atoms with Crippen LogP contribution < -0.4 is 9.64 Å². The first kappa shape index (κ1) is 17.9. The number of anilines is 1. The van der Waals surface area contributed by atoms with Gasteiger partial charge in [0.15, 0.2) is 6.61 Å². The summed E-state index contributed by atoms with van der Waals surface area (Å²) in [5, 5.41) is 0. The van der Waals surface area contributed by atoms with E-state index in [2.05, 4.69) is 23.1 Å². The van der Waals surface area contributed by atoms with Crippen LogP contribution in [-0.2, 0) is 11.3 Å². The predicted octanol–water partition coefficient (Wildman–Crippen LogP) is 3.41. The van der Waals surface area contributed by atoms with Crippen LogP contribution in [0.15, 0.2) is 42.5 Å². The van der Waals surface area contributed by atoms with E-state index >= 15 is 0 Å². The molecule has 24 heavy (non-hydrogen) atoms. The van der Waals surface area contributed by atoms with E-state index in [1.54, 1.807) is 11.9 Å². The topological polar surface area (TPSA) is 32.8 Å². The zero-order valence-corrected chi connectivity index (χ0v) is 15.2. The fourth-order valence-electron chi connectivity index (χ4n) is 2.53. The van der Waals surface area contributed by atoms with Crippen LogP contribution in [-0.4, -0.2) is 38.6 Å². The Morgan fingerprint density at radius 3 is 2.08 bits per heavy atom. The lowest BCUT2D eigenvalue weighted by molar-refractivity contribution is -0.132. The van der Waals surface area contributed by atoms with Gasteiger partial charge >= 0.3 is 0 Å². The van der Waals surface area contributed by atoms with Crippen LogP contribution in [0.3, 0.4) is 0 Å². The molecule has 4 heteroatoms. The molecule has 0 unspecified atom stereocenters. The third-order valence-corrected chi connectivity index (χ3v) is 3.86. The van der Waals surface area contributed by atoms with E-state index in [1.165, 1.54) is 0 Å². The Morgan fingerprint density at radius 2 is 1.54 bits per heavy atom. The number of nitrogens with zero attached hydrogens (tertiary/aromatic N) is 2. The third kappa shape index (κ3) is 5.01. The van der Waals surface area contributed by atoms with Crippen molar-refractivity contribution in [2.24, 2.45) is 0 Å². The maximum absolute atomic E-state index is 12.3. The van der Waals surface area contributed by atoms with E-state index in [0.29, 0.717) is 6.54 Å². The highest BCUT2D eigenvalue weighted by Gasteiger charge is 2.11. The van der Waals surface area contributed by atoms with E-state index in [0.717, 1.165) is 28.1 Å². The van der Waals surface area contributed by atoms with Gasteiger partial charge in [-0.25, -0.2) is 0 Å². The van der Waals surface area contributed by atoms with Gasteiger partial charge in [-0.15, -0.1) is 0 Å². The van der Waals surface area contributed by atoms with Gasteiger partial charge in [-0.05, 0) is 54.8 Å². The van der Waals surface area contributed by atoms with Crippen molar-refractivity contribution in [2.45, 2.75) is 20.4 Å². The zero-order chi connectivity index (χ0) is 17.7. The summed E-state index contributed by atoms with van der Waals surface area (Å²) in [7, 11) is 5.82. The molecule has 0 aliphatic heterocycles. The summed E-state index contributed by atoms with van der Waals surface area (Å²) in [6.45, 7) is 4.66. The van der Waals surface area contributed by atoms with Crippen LogP contribution in [0.1, 0.15) is 16.7 Å². The van der Waals surface area contributed by atoms with Gasteiger partial charge in [0.05, 0.1) is 0 Å².